The molecular formula is C30H25NO2. The van der Waals surface area contributed by atoms with Gasteiger partial charge in [0, 0.05) is 17.8 Å². The number of aromatic nitrogens is 1. The van der Waals surface area contributed by atoms with Gasteiger partial charge in [-0.3, -0.25) is 0 Å². The van der Waals surface area contributed by atoms with Crippen LogP contribution < -0.4 is 0 Å². The average Bonchev–Trinajstić information content (AvgIpc) is 3.19. The maximum atomic E-state index is 11.7. The van der Waals surface area contributed by atoms with Gasteiger partial charge in [0.1, 0.15) is 0 Å². The first-order valence-electron chi connectivity index (χ1n) is 11.3. The molecule has 1 aromatic heterocycles. The highest BCUT2D eigenvalue weighted by Crippen LogP contribution is 2.25. The highest BCUT2D eigenvalue weighted by Gasteiger charge is 2.17. The summed E-state index contributed by atoms with van der Waals surface area (Å²) in [5.41, 5.74) is 6.42. The monoisotopic (exact) mass is 431 g/mol. The Labute approximate surface area is 195 Å². The van der Waals surface area contributed by atoms with Crippen LogP contribution in [0.4, 0.5) is 0 Å². The van der Waals surface area contributed by atoms with Gasteiger partial charge in [-0.1, -0.05) is 36.3 Å². The molecule has 0 fully saturated rings. The fourth-order valence-electron chi connectivity index (χ4n) is 3.98. The van der Waals surface area contributed by atoms with Crippen molar-refractivity contribution in [1.82, 2.24) is 4.57 Å². The van der Waals surface area contributed by atoms with Crippen LogP contribution in [-0.4, -0.2) is 17.1 Å². The van der Waals surface area contributed by atoms with Gasteiger partial charge in [0.05, 0.1) is 17.9 Å². The Hall–Kier alpha value is -4.13. The Morgan fingerprint density at radius 2 is 1.64 bits per heavy atom. The van der Waals surface area contributed by atoms with E-state index in [1.165, 1.54) is 29.7 Å². The zero-order valence-electron chi connectivity index (χ0n) is 18.8. The van der Waals surface area contributed by atoms with Gasteiger partial charge < -0.3 is 9.30 Å². The quantitative estimate of drug-likeness (QED) is 0.430. The highest BCUT2D eigenvalue weighted by atomic mass is 16.5. The molecule has 0 unspecified atom stereocenters. The van der Waals surface area contributed by atoms with Crippen LogP contribution in [0, 0.1) is 35.5 Å². The van der Waals surface area contributed by atoms with Gasteiger partial charge in [0.15, 0.2) is 0 Å². The van der Waals surface area contributed by atoms with Gasteiger partial charge in [-0.05, 0) is 104 Å². The minimum atomic E-state index is -0.328. The number of aryl methyl sites for hydroxylation is 1. The summed E-state index contributed by atoms with van der Waals surface area (Å²) in [4.78, 5) is 11.7. The highest BCUT2D eigenvalue weighted by molar-refractivity contribution is 5.89. The Bertz CT molecular complexity index is 1310. The summed E-state index contributed by atoms with van der Waals surface area (Å²) < 4.78 is 7.33. The number of nitrogens with zero attached hydrogens (tertiary/aromatic N) is 1. The van der Waals surface area contributed by atoms with Crippen molar-refractivity contribution in [3.63, 3.8) is 0 Å². The third-order valence-electron chi connectivity index (χ3n) is 5.57. The molecule has 0 radical (unpaired) electrons. The van der Waals surface area contributed by atoms with E-state index < -0.39 is 0 Å². The number of carbonyl (C=O) groups excluding carboxylic acids is 1. The molecule has 33 heavy (non-hydrogen) atoms. The third-order valence-corrected chi connectivity index (χ3v) is 5.57. The Morgan fingerprint density at radius 1 is 0.909 bits per heavy atom. The first kappa shape index (κ1) is 22.1. The summed E-state index contributed by atoms with van der Waals surface area (Å²) in [7, 11) is 0. The lowest BCUT2D eigenvalue weighted by atomic mass is 9.98. The van der Waals surface area contributed by atoms with E-state index in [2.05, 4.69) is 70.4 Å². The lowest BCUT2D eigenvalue weighted by Gasteiger charge is -2.16. The van der Waals surface area contributed by atoms with E-state index in [-0.39, 0.29) is 5.97 Å². The first-order chi connectivity index (χ1) is 16.2. The molecular weight excluding hydrogens is 406 g/mol. The number of hydrogen-bond donors (Lipinski definition) is 0. The van der Waals surface area contributed by atoms with Crippen LogP contribution in [-0.2, 0) is 24.1 Å². The molecule has 3 nitrogen and oxygen atoms in total. The van der Waals surface area contributed by atoms with Crippen molar-refractivity contribution in [3.05, 3.63) is 94.3 Å². The number of hydrogen-bond acceptors (Lipinski definition) is 2. The number of esters is 1. The molecule has 1 heterocycles. The largest absolute Gasteiger partial charge is 0.462 e. The molecule has 0 atom stereocenters. The second kappa shape index (κ2) is 10.9. The molecule has 0 N–H and O–H groups in total. The zero-order chi connectivity index (χ0) is 22.9. The van der Waals surface area contributed by atoms with Crippen molar-refractivity contribution in [2.75, 3.05) is 6.61 Å². The Morgan fingerprint density at radius 3 is 2.39 bits per heavy atom. The number of carbonyl (C=O) groups is 1. The van der Waals surface area contributed by atoms with Crippen molar-refractivity contribution in [1.29, 1.82) is 0 Å². The molecule has 0 saturated heterocycles. The van der Waals surface area contributed by atoms with Gasteiger partial charge in [-0.2, -0.15) is 0 Å². The second-order valence-corrected chi connectivity index (χ2v) is 7.83. The van der Waals surface area contributed by atoms with Crippen LogP contribution in [0.5, 0.6) is 0 Å². The Kier molecular flexibility index (Phi) is 7.33. The molecule has 162 valence electrons. The molecule has 0 aliphatic heterocycles. The predicted octanol–water partition coefficient (Wildman–Crippen LogP) is 5.00. The average molecular weight is 432 g/mol. The molecule has 0 bridgehead atoms. The molecule has 0 spiro atoms. The van der Waals surface area contributed by atoms with E-state index >= 15 is 0 Å². The lowest BCUT2D eigenvalue weighted by Crippen LogP contribution is -2.10. The van der Waals surface area contributed by atoms with Crippen LogP contribution in [0.25, 0.3) is 0 Å². The van der Waals surface area contributed by atoms with Crippen LogP contribution >= 0.6 is 0 Å². The topological polar surface area (TPSA) is 31.2 Å². The van der Waals surface area contributed by atoms with E-state index in [1.807, 2.05) is 6.07 Å². The van der Waals surface area contributed by atoms with Gasteiger partial charge >= 0.3 is 5.97 Å². The maximum Gasteiger partial charge on any atom is 0.338 e. The fraction of sp³-hybridized carbons (Fsp3) is 0.233. The molecule has 0 amide bonds. The molecule has 4 rings (SSSR count). The molecule has 3 aromatic rings. The van der Waals surface area contributed by atoms with E-state index in [0.29, 0.717) is 12.2 Å². The van der Waals surface area contributed by atoms with E-state index in [1.54, 1.807) is 31.2 Å². The molecule has 2 aromatic carbocycles. The summed E-state index contributed by atoms with van der Waals surface area (Å²) in [5.74, 6) is 17.3. The fourth-order valence-corrected chi connectivity index (χ4v) is 3.98. The first-order valence-corrected chi connectivity index (χ1v) is 11.3. The predicted molar refractivity (Wildman–Crippen MR) is 131 cm³/mol. The van der Waals surface area contributed by atoms with Crippen LogP contribution in [0.2, 0.25) is 0 Å². The van der Waals surface area contributed by atoms with E-state index in [9.17, 15) is 4.79 Å². The number of ether oxygens (including phenoxy) is 1. The maximum absolute atomic E-state index is 11.7. The van der Waals surface area contributed by atoms with Crippen molar-refractivity contribution in [2.45, 2.75) is 39.2 Å². The van der Waals surface area contributed by atoms with Gasteiger partial charge in [0.25, 0.3) is 0 Å². The summed E-state index contributed by atoms with van der Waals surface area (Å²) in [6, 6.07) is 19.7. The summed E-state index contributed by atoms with van der Waals surface area (Å²) in [6.45, 7) is 2.97. The van der Waals surface area contributed by atoms with E-state index in [0.717, 1.165) is 30.6 Å². The van der Waals surface area contributed by atoms with E-state index in [4.69, 9.17) is 4.74 Å². The third kappa shape index (κ3) is 5.77. The van der Waals surface area contributed by atoms with Crippen LogP contribution in [0.15, 0.2) is 60.7 Å². The van der Waals surface area contributed by atoms with Crippen molar-refractivity contribution in [3.8, 4) is 35.5 Å². The molecule has 1 aliphatic carbocycles. The summed E-state index contributed by atoms with van der Waals surface area (Å²) in [5, 5.41) is 0. The van der Waals surface area contributed by atoms with Crippen molar-refractivity contribution < 1.29 is 9.53 Å². The number of fused-ring (bicyclic) bond motifs is 1. The smallest absolute Gasteiger partial charge is 0.338 e. The SMILES string of the molecule is CCOC(=O)c1ccc(C#CC#CC#Cc2cc3c(n2Cc2ccccc2)CCCC3)cc1. The second-order valence-electron chi connectivity index (χ2n) is 7.83. The number of rotatable bonds is 4. The van der Waals surface area contributed by atoms with Crippen LogP contribution in [0.3, 0.4) is 0 Å². The van der Waals surface area contributed by atoms with Crippen molar-refractivity contribution in [2.24, 2.45) is 0 Å². The summed E-state index contributed by atoms with van der Waals surface area (Å²) >= 11 is 0. The van der Waals surface area contributed by atoms with Crippen LogP contribution in [0.1, 0.15) is 58.2 Å². The zero-order valence-corrected chi connectivity index (χ0v) is 18.8. The van der Waals surface area contributed by atoms with Gasteiger partial charge in [-0.25, -0.2) is 4.79 Å². The van der Waals surface area contributed by atoms with Crippen molar-refractivity contribution >= 4 is 5.97 Å². The molecule has 3 heteroatoms. The normalized spacial score (nSPS) is 11.5. The number of benzene rings is 2. The van der Waals surface area contributed by atoms with Gasteiger partial charge in [0.2, 0.25) is 0 Å². The minimum absolute atomic E-state index is 0.328. The standard InChI is InChI=1S/C30H25NO2/c1-2-33-30(32)26-20-18-24(19-21-26)12-6-3-4-9-16-28-22-27-15-10-11-17-29(27)31(28)23-25-13-7-5-8-14-25/h5,7-8,13-14,18-22H,2,10-11,15,17,23H2,1H3. The van der Waals surface area contributed by atoms with Gasteiger partial charge in [-0.15, -0.1) is 0 Å². The lowest BCUT2D eigenvalue weighted by molar-refractivity contribution is 0.0526. The minimum Gasteiger partial charge on any atom is -0.462 e. The molecule has 1 aliphatic rings. The summed E-state index contributed by atoms with van der Waals surface area (Å²) in [6.07, 6.45) is 4.70. The Balaban J connectivity index is 1.48. The molecule has 0 saturated carbocycles.